The number of fused-ring (bicyclic) bond motifs is 2. The van der Waals surface area contributed by atoms with Crippen LogP contribution in [0.1, 0.15) is 15.9 Å². The number of rotatable bonds is 7. The Morgan fingerprint density at radius 1 is 1.12 bits per heavy atom. The minimum absolute atomic E-state index is 0.0178. The van der Waals surface area contributed by atoms with E-state index in [1.54, 1.807) is 46.0 Å². The molecule has 0 aliphatic rings. The van der Waals surface area contributed by atoms with Crippen LogP contribution in [0.15, 0.2) is 61.1 Å². The van der Waals surface area contributed by atoms with E-state index in [1.807, 2.05) is 24.4 Å². The van der Waals surface area contributed by atoms with Crippen molar-refractivity contribution in [2.24, 2.45) is 5.73 Å². The summed E-state index contributed by atoms with van der Waals surface area (Å²) in [7, 11) is 0. The molecular formula is C23H21N7O3. The fraction of sp³-hybridized carbons (Fsp3) is 0.130. The molecule has 5 N–H and O–H groups in total. The lowest BCUT2D eigenvalue weighted by molar-refractivity contribution is 0.100. The molecule has 0 spiro atoms. The van der Waals surface area contributed by atoms with Gasteiger partial charge >= 0.3 is 0 Å². The molecule has 0 aliphatic carbocycles. The molecule has 1 amide bonds. The van der Waals surface area contributed by atoms with Crippen LogP contribution in [0.5, 0.6) is 5.75 Å². The summed E-state index contributed by atoms with van der Waals surface area (Å²) in [5.41, 5.74) is 15.1. The summed E-state index contributed by atoms with van der Waals surface area (Å²) in [6.45, 7) is 0.549. The summed E-state index contributed by atoms with van der Waals surface area (Å²) in [4.78, 5) is 15.9. The Kier molecular flexibility index (Phi) is 5.11. The molecule has 0 aliphatic heterocycles. The largest absolute Gasteiger partial charge is 0.485 e. The van der Waals surface area contributed by atoms with Crippen LogP contribution in [-0.2, 0) is 13.2 Å². The molecule has 33 heavy (non-hydrogen) atoms. The van der Waals surface area contributed by atoms with E-state index in [2.05, 4.69) is 15.2 Å². The van der Waals surface area contributed by atoms with Crippen LogP contribution in [0.4, 0.5) is 5.82 Å². The number of primary amides is 1. The molecule has 0 fully saturated rings. The van der Waals surface area contributed by atoms with E-state index in [-0.39, 0.29) is 19.0 Å². The van der Waals surface area contributed by atoms with Gasteiger partial charge in [0.1, 0.15) is 6.61 Å². The predicted molar refractivity (Wildman–Crippen MR) is 123 cm³/mol. The number of aliphatic hydroxyl groups excluding tert-OH is 1. The van der Waals surface area contributed by atoms with Gasteiger partial charge in [-0.05, 0) is 42.5 Å². The number of amides is 1. The second-order valence-electron chi connectivity index (χ2n) is 7.51. The molecule has 0 saturated carbocycles. The maximum absolute atomic E-state index is 11.5. The average molecular weight is 443 g/mol. The summed E-state index contributed by atoms with van der Waals surface area (Å²) >= 11 is 0. The van der Waals surface area contributed by atoms with E-state index in [0.717, 1.165) is 22.2 Å². The van der Waals surface area contributed by atoms with Crippen molar-refractivity contribution in [3.8, 4) is 11.4 Å². The third-order valence-electron chi connectivity index (χ3n) is 5.38. The first-order chi connectivity index (χ1) is 16.0. The first-order valence-corrected chi connectivity index (χ1v) is 10.3. The predicted octanol–water partition coefficient (Wildman–Crippen LogP) is 2.02. The third kappa shape index (κ3) is 3.83. The van der Waals surface area contributed by atoms with E-state index in [9.17, 15) is 9.90 Å². The number of carbonyl (C=O) groups excluding carboxylic acids is 1. The van der Waals surface area contributed by atoms with E-state index in [4.69, 9.17) is 16.2 Å². The van der Waals surface area contributed by atoms with Crippen molar-refractivity contribution in [3.63, 3.8) is 0 Å². The van der Waals surface area contributed by atoms with Crippen LogP contribution in [0, 0.1) is 0 Å². The molecule has 10 nitrogen and oxygen atoms in total. The Hall–Kier alpha value is -4.44. The van der Waals surface area contributed by atoms with Crippen LogP contribution in [-0.4, -0.2) is 42.2 Å². The van der Waals surface area contributed by atoms with E-state index in [0.29, 0.717) is 28.8 Å². The number of aromatic nitrogens is 5. The van der Waals surface area contributed by atoms with Gasteiger partial charge in [-0.3, -0.25) is 9.48 Å². The van der Waals surface area contributed by atoms with Crippen LogP contribution >= 0.6 is 0 Å². The number of benzene rings is 2. The number of hydrogen-bond acceptors (Lipinski definition) is 7. The number of nitrogens with zero attached hydrogens (tertiary/aromatic N) is 5. The Morgan fingerprint density at radius 2 is 2.00 bits per heavy atom. The number of hydrogen-bond donors (Lipinski definition) is 3. The number of anilines is 1. The molecule has 3 aromatic heterocycles. The van der Waals surface area contributed by atoms with Gasteiger partial charge in [-0.1, -0.05) is 0 Å². The zero-order valence-electron chi connectivity index (χ0n) is 17.5. The lowest BCUT2D eigenvalue weighted by Crippen LogP contribution is -2.10. The Bertz CT molecular complexity index is 1480. The second kappa shape index (κ2) is 8.24. The van der Waals surface area contributed by atoms with Gasteiger partial charge in [0, 0.05) is 34.3 Å². The number of nitrogens with two attached hydrogens (primary N) is 2. The molecule has 10 heteroatoms. The number of ether oxygens (including phenoxy) is 1. The molecule has 5 rings (SSSR count). The molecule has 5 aromatic rings. The first-order valence-electron chi connectivity index (χ1n) is 10.3. The van der Waals surface area contributed by atoms with Crippen LogP contribution in [0.25, 0.3) is 27.5 Å². The topological polar surface area (TPSA) is 147 Å². The average Bonchev–Trinajstić information content (AvgIpc) is 3.47. The van der Waals surface area contributed by atoms with Crippen molar-refractivity contribution < 1.29 is 14.6 Å². The van der Waals surface area contributed by atoms with Crippen molar-refractivity contribution in [1.82, 2.24) is 24.5 Å². The number of aliphatic hydroxyl groups is 1. The number of nitrogen functional groups attached to an aromatic ring is 1. The minimum Gasteiger partial charge on any atom is -0.485 e. The Morgan fingerprint density at radius 3 is 2.76 bits per heavy atom. The zero-order valence-corrected chi connectivity index (χ0v) is 17.5. The first kappa shape index (κ1) is 20.5. The molecule has 0 atom stereocenters. The number of pyridine rings is 1. The Balaban J connectivity index is 1.53. The summed E-state index contributed by atoms with van der Waals surface area (Å²) in [5.74, 6) is 0.105. The quantitative estimate of drug-likeness (QED) is 0.349. The molecule has 3 heterocycles. The van der Waals surface area contributed by atoms with Crippen molar-refractivity contribution in [2.45, 2.75) is 13.2 Å². The van der Waals surface area contributed by atoms with Crippen LogP contribution in [0.3, 0.4) is 0 Å². The molecule has 0 bridgehead atoms. The molecular weight excluding hydrogens is 422 g/mol. The van der Waals surface area contributed by atoms with Gasteiger partial charge in [0.2, 0.25) is 5.91 Å². The van der Waals surface area contributed by atoms with Crippen LogP contribution < -0.4 is 16.2 Å². The highest BCUT2D eigenvalue weighted by molar-refractivity contribution is 5.97. The lowest BCUT2D eigenvalue weighted by Gasteiger charge is -2.14. The highest BCUT2D eigenvalue weighted by Crippen LogP contribution is 2.29. The monoisotopic (exact) mass is 443 g/mol. The van der Waals surface area contributed by atoms with E-state index in [1.165, 1.54) is 0 Å². The zero-order chi connectivity index (χ0) is 22.9. The molecule has 2 aromatic carbocycles. The second-order valence-corrected chi connectivity index (χ2v) is 7.51. The fourth-order valence-electron chi connectivity index (χ4n) is 3.77. The molecule has 166 valence electrons. The van der Waals surface area contributed by atoms with Gasteiger partial charge in [-0.2, -0.15) is 10.2 Å². The highest BCUT2D eigenvalue weighted by atomic mass is 16.5. The Labute approximate surface area is 188 Å². The third-order valence-corrected chi connectivity index (χ3v) is 5.38. The van der Waals surface area contributed by atoms with Gasteiger partial charge in [0.05, 0.1) is 36.1 Å². The lowest BCUT2D eigenvalue weighted by atomic mass is 10.1. The summed E-state index contributed by atoms with van der Waals surface area (Å²) in [6, 6.07) is 12.5. The van der Waals surface area contributed by atoms with Gasteiger partial charge < -0.3 is 21.3 Å². The van der Waals surface area contributed by atoms with Crippen LogP contribution in [0.2, 0.25) is 0 Å². The normalized spacial score (nSPS) is 11.3. The summed E-state index contributed by atoms with van der Waals surface area (Å²) in [5, 5.41) is 19.7. The summed E-state index contributed by atoms with van der Waals surface area (Å²) in [6.07, 6.45) is 5.30. The summed E-state index contributed by atoms with van der Waals surface area (Å²) < 4.78 is 9.56. The minimum atomic E-state index is -0.521. The molecule has 0 radical (unpaired) electrons. The van der Waals surface area contributed by atoms with Crippen molar-refractivity contribution in [2.75, 3.05) is 12.3 Å². The van der Waals surface area contributed by atoms with E-state index >= 15 is 0 Å². The van der Waals surface area contributed by atoms with Crippen molar-refractivity contribution in [3.05, 3.63) is 72.2 Å². The molecule has 0 unspecified atom stereocenters. The van der Waals surface area contributed by atoms with Gasteiger partial charge in [-0.25, -0.2) is 9.67 Å². The SMILES string of the molecule is NC(=O)c1ccc2nc(N)c(OCc3cc4c(cnn4CCO)cc3-n3cccn3)cc2c1. The van der Waals surface area contributed by atoms with Gasteiger partial charge in [-0.15, -0.1) is 0 Å². The molecule has 0 saturated heterocycles. The highest BCUT2D eigenvalue weighted by Gasteiger charge is 2.14. The fourth-order valence-corrected chi connectivity index (χ4v) is 3.77. The number of carbonyl (C=O) groups is 1. The smallest absolute Gasteiger partial charge is 0.248 e. The maximum Gasteiger partial charge on any atom is 0.248 e. The van der Waals surface area contributed by atoms with Crippen molar-refractivity contribution in [1.29, 1.82) is 0 Å². The standard InChI is InChI=1S/C23H21N7O3/c24-22-21(11-15-8-14(23(25)32)2-3-18(15)28-22)33-13-17-10-19-16(12-27-30(19)6-7-31)9-20(17)29-5-1-4-26-29/h1-5,8-12,31H,6-7,13H2,(H2,24,28)(H2,25,32). The van der Waals surface area contributed by atoms with Gasteiger partial charge in [0.25, 0.3) is 0 Å². The van der Waals surface area contributed by atoms with E-state index < -0.39 is 5.91 Å². The van der Waals surface area contributed by atoms with Crippen molar-refractivity contribution >= 4 is 33.5 Å². The van der Waals surface area contributed by atoms with Gasteiger partial charge in [0.15, 0.2) is 11.6 Å². The maximum atomic E-state index is 11.5.